The molecule has 0 N–H and O–H groups in total. The summed E-state index contributed by atoms with van der Waals surface area (Å²) in [6, 6.07) is 22.3. The van der Waals surface area contributed by atoms with Gasteiger partial charge in [-0.05, 0) is 60.2 Å². The third-order valence-electron chi connectivity index (χ3n) is 5.51. The minimum Gasteiger partial charge on any atom is -0.497 e. The monoisotopic (exact) mass is 422 g/mol. The summed E-state index contributed by atoms with van der Waals surface area (Å²) in [7, 11) is 1.64. The Bertz CT molecular complexity index is 1100. The normalized spacial score (nSPS) is 19.4. The van der Waals surface area contributed by atoms with E-state index in [1.807, 2.05) is 47.5 Å². The highest BCUT2D eigenvalue weighted by atomic mass is 19.3. The van der Waals surface area contributed by atoms with Crippen LogP contribution in [0.2, 0.25) is 0 Å². The van der Waals surface area contributed by atoms with Crippen molar-refractivity contribution in [3.8, 4) is 17.2 Å². The Morgan fingerprint density at radius 3 is 2.39 bits per heavy atom. The van der Waals surface area contributed by atoms with Gasteiger partial charge in [-0.3, -0.25) is 0 Å². The number of methoxy groups -OCH3 is 1. The first-order valence-electron chi connectivity index (χ1n) is 9.93. The van der Waals surface area contributed by atoms with Crippen molar-refractivity contribution >= 4 is 5.71 Å². The highest BCUT2D eigenvalue weighted by molar-refractivity contribution is 6.02. The molecule has 0 aromatic heterocycles. The first kappa shape index (κ1) is 19.4. The molecule has 3 aromatic rings. The molecular formula is C24H20F2N2O3. The van der Waals surface area contributed by atoms with E-state index in [-0.39, 0.29) is 11.8 Å². The second-order valence-electron chi connectivity index (χ2n) is 7.33. The molecule has 7 heteroatoms. The lowest BCUT2D eigenvalue weighted by Gasteiger charge is -2.38. The summed E-state index contributed by atoms with van der Waals surface area (Å²) < 4.78 is 41.0. The molecular weight excluding hydrogens is 402 g/mol. The number of halogens is 2. The molecule has 2 atom stereocenters. The Balaban J connectivity index is 1.50. The Labute approximate surface area is 178 Å². The minimum atomic E-state index is -2.86. The van der Waals surface area contributed by atoms with Crippen molar-refractivity contribution in [2.24, 2.45) is 5.10 Å². The molecule has 158 valence electrons. The number of benzene rings is 3. The third-order valence-corrected chi connectivity index (χ3v) is 5.51. The molecule has 0 unspecified atom stereocenters. The summed E-state index contributed by atoms with van der Waals surface area (Å²) in [4.78, 5) is 0. The van der Waals surface area contributed by atoms with Crippen LogP contribution in [0.5, 0.6) is 17.2 Å². The van der Waals surface area contributed by atoms with Crippen LogP contribution in [0.15, 0.2) is 77.9 Å². The van der Waals surface area contributed by atoms with Crippen molar-refractivity contribution in [1.29, 1.82) is 0 Å². The number of nitrogens with zero attached hydrogens (tertiary/aromatic N) is 2. The van der Waals surface area contributed by atoms with Crippen molar-refractivity contribution in [2.45, 2.75) is 25.3 Å². The molecule has 31 heavy (non-hydrogen) atoms. The highest BCUT2D eigenvalue weighted by Crippen LogP contribution is 2.47. The van der Waals surface area contributed by atoms with Gasteiger partial charge in [-0.15, -0.1) is 0 Å². The van der Waals surface area contributed by atoms with Crippen LogP contribution in [-0.4, -0.2) is 24.4 Å². The summed E-state index contributed by atoms with van der Waals surface area (Å²) in [5, 5.41) is 6.85. The quantitative estimate of drug-likeness (QED) is 0.542. The summed E-state index contributed by atoms with van der Waals surface area (Å²) in [6.07, 6.45) is 0.256. The van der Waals surface area contributed by atoms with Crippen molar-refractivity contribution in [1.82, 2.24) is 5.01 Å². The van der Waals surface area contributed by atoms with E-state index in [4.69, 9.17) is 14.6 Å². The van der Waals surface area contributed by atoms with Crippen molar-refractivity contribution in [3.05, 3.63) is 89.5 Å². The van der Waals surface area contributed by atoms with E-state index in [1.54, 1.807) is 19.2 Å². The highest BCUT2D eigenvalue weighted by Gasteiger charge is 2.40. The summed E-state index contributed by atoms with van der Waals surface area (Å²) in [5.41, 5.74) is 3.85. The predicted octanol–water partition coefficient (Wildman–Crippen LogP) is 5.54. The van der Waals surface area contributed by atoms with E-state index < -0.39 is 12.8 Å². The number of alkyl halides is 2. The van der Waals surface area contributed by atoms with E-state index >= 15 is 0 Å². The maximum atomic E-state index is 12.5. The van der Waals surface area contributed by atoms with E-state index in [0.717, 1.165) is 40.3 Å². The molecule has 0 aliphatic carbocycles. The van der Waals surface area contributed by atoms with Crippen molar-refractivity contribution in [2.75, 3.05) is 7.11 Å². The molecule has 2 heterocycles. The van der Waals surface area contributed by atoms with E-state index in [1.165, 1.54) is 12.1 Å². The van der Waals surface area contributed by atoms with Crippen molar-refractivity contribution in [3.63, 3.8) is 0 Å². The second-order valence-corrected chi connectivity index (χ2v) is 7.33. The van der Waals surface area contributed by atoms with E-state index in [9.17, 15) is 8.78 Å². The first-order chi connectivity index (χ1) is 15.1. The Morgan fingerprint density at radius 2 is 1.68 bits per heavy atom. The second kappa shape index (κ2) is 7.91. The molecule has 3 aromatic carbocycles. The molecule has 0 radical (unpaired) electrons. The number of para-hydroxylation sites is 1. The van der Waals surface area contributed by atoms with Crippen LogP contribution in [0, 0.1) is 0 Å². The van der Waals surface area contributed by atoms with Gasteiger partial charge in [-0.25, -0.2) is 5.01 Å². The molecule has 2 aliphatic heterocycles. The molecule has 5 nitrogen and oxygen atoms in total. The third kappa shape index (κ3) is 3.67. The maximum absolute atomic E-state index is 12.5. The van der Waals surface area contributed by atoms with Gasteiger partial charge in [0.25, 0.3) is 0 Å². The molecule has 0 amide bonds. The number of ether oxygens (including phenoxy) is 3. The van der Waals surface area contributed by atoms with Gasteiger partial charge in [0.1, 0.15) is 17.2 Å². The average Bonchev–Trinajstić information content (AvgIpc) is 3.25. The predicted molar refractivity (Wildman–Crippen MR) is 112 cm³/mol. The van der Waals surface area contributed by atoms with E-state index in [0.29, 0.717) is 0 Å². The molecule has 0 saturated heterocycles. The summed E-state index contributed by atoms with van der Waals surface area (Å²) >= 11 is 0. The zero-order valence-corrected chi connectivity index (χ0v) is 16.7. The summed E-state index contributed by atoms with van der Waals surface area (Å²) in [5.74, 6) is 1.70. The average molecular weight is 422 g/mol. The van der Waals surface area contributed by atoms with Gasteiger partial charge in [-0.1, -0.05) is 18.2 Å². The van der Waals surface area contributed by atoms with Gasteiger partial charge in [0, 0.05) is 17.5 Å². The van der Waals surface area contributed by atoms with Crippen molar-refractivity contribution < 1.29 is 23.0 Å². The molecule has 5 rings (SSSR count). The number of hydrazone groups is 1. The Hall–Kier alpha value is -3.61. The van der Waals surface area contributed by atoms with Gasteiger partial charge < -0.3 is 14.2 Å². The molecule has 0 bridgehead atoms. The number of rotatable bonds is 5. The molecule has 0 spiro atoms. The van der Waals surface area contributed by atoms with Gasteiger partial charge in [0.05, 0.1) is 18.9 Å². The largest absolute Gasteiger partial charge is 0.497 e. The Morgan fingerprint density at radius 1 is 0.968 bits per heavy atom. The molecule has 2 aliphatic rings. The van der Waals surface area contributed by atoms with Crippen LogP contribution in [0.4, 0.5) is 8.78 Å². The van der Waals surface area contributed by atoms with Crippen LogP contribution in [-0.2, 0) is 0 Å². The smallest absolute Gasteiger partial charge is 0.387 e. The topological polar surface area (TPSA) is 43.3 Å². The molecule has 0 saturated carbocycles. The zero-order valence-electron chi connectivity index (χ0n) is 16.7. The Kier molecular flexibility index (Phi) is 4.94. The van der Waals surface area contributed by atoms with Crippen LogP contribution in [0.3, 0.4) is 0 Å². The fraction of sp³-hybridized carbons (Fsp3) is 0.208. The van der Waals surface area contributed by atoms with Gasteiger partial charge >= 0.3 is 6.61 Å². The number of hydrogen-bond donors (Lipinski definition) is 0. The number of fused-ring (bicyclic) bond motifs is 3. The molecule has 0 fully saturated rings. The first-order valence-corrected chi connectivity index (χ1v) is 9.93. The minimum absolute atomic E-state index is 0.0176. The van der Waals surface area contributed by atoms with Crippen LogP contribution in [0.1, 0.15) is 35.4 Å². The lowest BCUT2D eigenvalue weighted by molar-refractivity contribution is -0.0499. The van der Waals surface area contributed by atoms with Crippen LogP contribution < -0.4 is 14.2 Å². The maximum Gasteiger partial charge on any atom is 0.387 e. The lowest BCUT2D eigenvalue weighted by atomic mass is 9.96. The fourth-order valence-electron chi connectivity index (χ4n) is 4.03. The van der Waals surface area contributed by atoms with Crippen LogP contribution in [0.25, 0.3) is 0 Å². The lowest BCUT2D eigenvalue weighted by Crippen LogP contribution is -2.33. The summed E-state index contributed by atoms with van der Waals surface area (Å²) in [6.45, 7) is -2.86. The van der Waals surface area contributed by atoms with Gasteiger partial charge in [-0.2, -0.15) is 13.9 Å². The standard InChI is InChI=1S/C24H20F2N2O3/c1-29-17-10-6-15(7-11-17)20-14-21-19-4-2-3-5-22(19)31-23(28(21)27-20)16-8-12-18(13-9-16)30-24(25)26/h2-13,21,23-24H,14H2,1H3/t21-,23-/m0/s1. The zero-order chi connectivity index (χ0) is 21.4. The fourth-order valence-corrected chi connectivity index (χ4v) is 4.03. The van der Waals surface area contributed by atoms with E-state index in [2.05, 4.69) is 10.8 Å². The van der Waals surface area contributed by atoms with Gasteiger partial charge in [0.2, 0.25) is 6.23 Å². The number of hydrogen-bond acceptors (Lipinski definition) is 5. The van der Waals surface area contributed by atoms with Crippen LogP contribution >= 0.6 is 0 Å². The SMILES string of the molecule is COc1ccc(C2=NN3[C@@H](C2)c2ccccc2O[C@H]3c2ccc(OC(F)F)cc2)cc1. The van der Waals surface area contributed by atoms with Gasteiger partial charge in [0.15, 0.2) is 0 Å².